The Bertz CT molecular complexity index is 1230. The van der Waals surface area contributed by atoms with Crippen molar-refractivity contribution in [2.45, 2.75) is 24.8 Å². The van der Waals surface area contributed by atoms with Crippen molar-refractivity contribution >= 4 is 27.3 Å². The number of amides is 1. The van der Waals surface area contributed by atoms with E-state index in [0.717, 1.165) is 11.3 Å². The maximum atomic E-state index is 12.8. The van der Waals surface area contributed by atoms with Gasteiger partial charge in [-0.05, 0) is 67.6 Å². The summed E-state index contributed by atoms with van der Waals surface area (Å²) < 4.78 is 38.1. The van der Waals surface area contributed by atoms with E-state index in [2.05, 4.69) is 0 Å². The van der Waals surface area contributed by atoms with Gasteiger partial charge in [-0.3, -0.25) is 9.10 Å². The number of sulfonamides is 1. The Labute approximate surface area is 206 Å². The molecule has 3 aromatic carbocycles. The molecule has 0 spiro atoms. The van der Waals surface area contributed by atoms with E-state index in [0.29, 0.717) is 17.2 Å². The SMILES string of the molecule is CC(=O)N(C)c1ccc(OC[C@H](O)COc2ccc(N(C)S(=O)(=O)c3ccc(C)cc3)cc2)cc1. The van der Waals surface area contributed by atoms with Crippen LogP contribution in [-0.4, -0.2) is 52.8 Å². The van der Waals surface area contributed by atoms with Crippen LogP contribution in [0.25, 0.3) is 0 Å². The second-order valence-electron chi connectivity index (χ2n) is 8.13. The molecule has 3 rings (SSSR count). The predicted octanol–water partition coefficient (Wildman–Crippen LogP) is 3.62. The van der Waals surface area contributed by atoms with Crippen LogP contribution >= 0.6 is 0 Å². The van der Waals surface area contributed by atoms with E-state index in [1.54, 1.807) is 79.8 Å². The second-order valence-corrected chi connectivity index (χ2v) is 10.1. The Morgan fingerprint density at radius 1 is 0.829 bits per heavy atom. The number of carbonyl (C=O) groups is 1. The predicted molar refractivity (Wildman–Crippen MR) is 136 cm³/mol. The lowest BCUT2D eigenvalue weighted by Crippen LogP contribution is -2.26. The lowest BCUT2D eigenvalue weighted by molar-refractivity contribution is -0.116. The molecule has 0 aliphatic carbocycles. The number of anilines is 2. The number of rotatable bonds is 10. The number of benzene rings is 3. The number of aryl methyl sites for hydroxylation is 1. The topological polar surface area (TPSA) is 96.4 Å². The molecule has 0 aromatic heterocycles. The van der Waals surface area contributed by atoms with Gasteiger partial charge in [-0.15, -0.1) is 0 Å². The quantitative estimate of drug-likeness (QED) is 0.459. The first-order chi connectivity index (χ1) is 16.6. The summed E-state index contributed by atoms with van der Waals surface area (Å²) >= 11 is 0. The third kappa shape index (κ3) is 6.74. The van der Waals surface area contributed by atoms with Gasteiger partial charge in [0, 0.05) is 26.7 Å². The Morgan fingerprint density at radius 2 is 1.29 bits per heavy atom. The van der Waals surface area contributed by atoms with Gasteiger partial charge in [0.05, 0.1) is 10.6 Å². The number of ether oxygens (including phenoxy) is 2. The van der Waals surface area contributed by atoms with Gasteiger partial charge in [-0.25, -0.2) is 8.42 Å². The first-order valence-corrected chi connectivity index (χ1v) is 12.5. The van der Waals surface area contributed by atoms with Crippen molar-refractivity contribution in [2.24, 2.45) is 0 Å². The molecule has 1 atom stereocenters. The maximum absolute atomic E-state index is 12.8. The van der Waals surface area contributed by atoms with Crippen molar-refractivity contribution in [1.82, 2.24) is 0 Å². The highest BCUT2D eigenvalue weighted by Gasteiger charge is 2.21. The van der Waals surface area contributed by atoms with Gasteiger partial charge in [-0.2, -0.15) is 0 Å². The number of hydrogen-bond acceptors (Lipinski definition) is 6. The molecule has 9 heteroatoms. The van der Waals surface area contributed by atoms with Crippen LogP contribution in [0.15, 0.2) is 77.7 Å². The van der Waals surface area contributed by atoms with Crippen molar-refractivity contribution in [3.8, 4) is 11.5 Å². The van der Waals surface area contributed by atoms with Crippen LogP contribution in [-0.2, 0) is 14.8 Å². The molecule has 0 bridgehead atoms. The van der Waals surface area contributed by atoms with E-state index in [1.165, 1.54) is 23.2 Å². The summed E-state index contributed by atoms with van der Waals surface area (Å²) in [5.74, 6) is 0.983. The third-order valence-electron chi connectivity index (χ3n) is 5.46. The minimum atomic E-state index is -3.68. The lowest BCUT2D eigenvalue weighted by atomic mass is 10.2. The highest BCUT2D eigenvalue weighted by molar-refractivity contribution is 7.92. The van der Waals surface area contributed by atoms with Gasteiger partial charge in [0.1, 0.15) is 30.8 Å². The zero-order chi connectivity index (χ0) is 25.6. The molecule has 186 valence electrons. The van der Waals surface area contributed by atoms with Gasteiger partial charge in [0.2, 0.25) is 5.91 Å². The zero-order valence-corrected chi connectivity index (χ0v) is 21.0. The summed E-state index contributed by atoms with van der Waals surface area (Å²) in [5, 5.41) is 10.2. The van der Waals surface area contributed by atoms with Crippen LogP contribution in [0.2, 0.25) is 0 Å². The highest BCUT2D eigenvalue weighted by Crippen LogP contribution is 2.25. The fraction of sp³-hybridized carbons (Fsp3) is 0.269. The summed E-state index contributed by atoms with van der Waals surface area (Å²) in [5.41, 5.74) is 2.21. The Balaban J connectivity index is 1.50. The summed E-state index contributed by atoms with van der Waals surface area (Å²) in [6, 6.07) is 20.2. The van der Waals surface area contributed by atoms with E-state index < -0.39 is 16.1 Å². The number of nitrogens with zero attached hydrogens (tertiary/aromatic N) is 2. The fourth-order valence-corrected chi connectivity index (χ4v) is 4.34. The Morgan fingerprint density at radius 3 is 1.74 bits per heavy atom. The first kappa shape index (κ1) is 26.1. The monoisotopic (exact) mass is 498 g/mol. The molecule has 3 aromatic rings. The van der Waals surface area contributed by atoms with E-state index in [4.69, 9.17) is 9.47 Å². The number of hydrogen-bond donors (Lipinski definition) is 1. The van der Waals surface area contributed by atoms with E-state index >= 15 is 0 Å². The van der Waals surface area contributed by atoms with Crippen molar-refractivity contribution in [3.63, 3.8) is 0 Å². The molecule has 1 amide bonds. The van der Waals surface area contributed by atoms with Crippen LogP contribution in [0.3, 0.4) is 0 Å². The standard InChI is InChI=1S/C26H30N2O6S/c1-19-5-15-26(16-6-19)35(31,32)28(4)22-9-13-25(14-10-22)34-18-23(30)17-33-24-11-7-21(8-12-24)27(3)20(2)29/h5-16,23,30H,17-18H2,1-4H3/t23-/m0/s1. The maximum Gasteiger partial charge on any atom is 0.264 e. The van der Waals surface area contributed by atoms with Crippen molar-refractivity contribution in [1.29, 1.82) is 0 Å². The number of aliphatic hydroxyl groups is 1. The molecule has 0 heterocycles. The van der Waals surface area contributed by atoms with E-state index in [9.17, 15) is 18.3 Å². The van der Waals surface area contributed by atoms with Gasteiger partial charge in [0.15, 0.2) is 0 Å². The first-order valence-electron chi connectivity index (χ1n) is 11.0. The largest absolute Gasteiger partial charge is 0.491 e. The second kappa shape index (κ2) is 11.2. The van der Waals surface area contributed by atoms with E-state index in [1.807, 2.05) is 6.92 Å². The molecule has 0 saturated heterocycles. The lowest BCUT2D eigenvalue weighted by Gasteiger charge is -2.20. The summed E-state index contributed by atoms with van der Waals surface area (Å²) in [7, 11) is -0.492. The average molecular weight is 499 g/mol. The van der Waals surface area contributed by atoms with Crippen LogP contribution in [0.4, 0.5) is 11.4 Å². The summed E-state index contributed by atoms with van der Waals surface area (Å²) in [4.78, 5) is 13.2. The Kier molecular flexibility index (Phi) is 8.37. The zero-order valence-electron chi connectivity index (χ0n) is 20.2. The molecule has 0 radical (unpaired) electrons. The van der Waals surface area contributed by atoms with Gasteiger partial charge >= 0.3 is 0 Å². The minimum absolute atomic E-state index is 0.00199. The van der Waals surface area contributed by atoms with Crippen LogP contribution in [0.1, 0.15) is 12.5 Å². The fourth-order valence-electron chi connectivity index (χ4n) is 3.14. The molecule has 0 fully saturated rings. The van der Waals surface area contributed by atoms with Crippen LogP contribution < -0.4 is 18.7 Å². The highest BCUT2D eigenvalue weighted by atomic mass is 32.2. The van der Waals surface area contributed by atoms with Gasteiger partial charge < -0.3 is 19.5 Å². The van der Waals surface area contributed by atoms with Crippen molar-refractivity contribution in [2.75, 3.05) is 36.5 Å². The molecule has 35 heavy (non-hydrogen) atoms. The van der Waals surface area contributed by atoms with Crippen molar-refractivity contribution < 1.29 is 27.8 Å². The molecular weight excluding hydrogens is 468 g/mol. The minimum Gasteiger partial charge on any atom is -0.491 e. The van der Waals surface area contributed by atoms with Gasteiger partial charge in [-0.1, -0.05) is 17.7 Å². The van der Waals surface area contributed by atoms with Crippen LogP contribution in [0, 0.1) is 6.92 Å². The molecule has 0 saturated carbocycles. The number of aliphatic hydroxyl groups excluding tert-OH is 1. The van der Waals surface area contributed by atoms with Crippen molar-refractivity contribution in [3.05, 3.63) is 78.4 Å². The normalized spacial score (nSPS) is 12.0. The molecule has 0 unspecified atom stereocenters. The Hall–Kier alpha value is -3.56. The molecule has 0 aliphatic heterocycles. The smallest absolute Gasteiger partial charge is 0.264 e. The van der Waals surface area contributed by atoms with Gasteiger partial charge in [0.25, 0.3) is 10.0 Å². The molecule has 1 N–H and O–H groups in total. The number of carbonyl (C=O) groups excluding carboxylic acids is 1. The summed E-state index contributed by atoms with van der Waals surface area (Å²) in [6.45, 7) is 3.41. The average Bonchev–Trinajstić information content (AvgIpc) is 2.86. The molecule has 0 aliphatic rings. The van der Waals surface area contributed by atoms with Crippen LogP contribution in [0.5, 0.6) is 11.5 Å². The molecule has 8 nitrogen and oxygen atoms in total. The van der Waals surface area contributed by atoms with E-state index in [-0.39, 0.29) is 24.0 Å². The summed E-state index contributed by atoms with van der Waals surface area (Å²) in [6.07, 6.45) is -0.876. The third-order valence-corrected chi connectivity index (χ3v) is 7.26. The molecular formula is C26H30N2O6S.